The summed E-state index contributed by atoms with van der Waals surface area (Å²) in [5.41, 5.74) is 0.0576. The lowest BCUT2D eigenvalue weighted by molar-refractivity contribution is -0.117. The van der Waals surface area contributed by atoms with Gasteiger partial charge in [0.2, 0.25) is 0 Å². The minimum absolute atomic E-state index is 0.102. The van der Waals surface area contributed by atoms with Gasteiger partial charge in [0.05, 0.1) is 0 Å². The highest BCUT2D eigenvalue weighted by Crippen LogP contribution is 2.14. The standard InChI is InChI=1S/C14H25N3O/c1-7-17(14(4,5)6)10-12(8-15)13(18)16-9-11(2)3/h10-11H,7,9H2,1-6H3,(H,16,18)/b12-10-. The molecule has 1 N–H and O–H groups in total. The maximum absolute atomic E-state index is 11.8. The van der Waals surface area contributed by atoms with Crippen LogP contribution in [0.5, 0.6) is 0 Å². The molecule has 0 aromatic heterocycles. The van der Waals surface area contributed by atoms with E-state index in [0.29, 0.717) is 12.5 Å². The fourth-order valence-electron chi connectivity index (χ4n) is 1.45. The van der Waals surface area contributed by atoms with Crippen LogP contribution in [0.1, 0.15) is 41.5 Å². The van der Waals surface area contributed by atoms with Gasteiger partial charge in [-0.05, 0) is 33.6 Å². The third kappa shape index (κ3) is 5.72. The van der Waals surface area contributed by atoms with Crippen LogP contribution in [0.4, 0.5) is 0 Å². The second kappa shape index (κ2) is 7.05. The van der Waals surface area contributed by atoms with Crippen LogP contribution in [0.2, 0.25) is 0 Å². The normalized spacial score (nSPS) is 12.2. The molecule has 0 heterocycles. The lowest BCUT2D eigenvalue weighted by Crippen LogP contribution is -2.38. The fourth-order valence-corrected chi connectivity index (χ4v) is 1.45. The van der Waals surface area contributed by atoms with Gasteiger partial charge < -0.3 is 10.2 Å². The number of hydrogen-bond donors (Lipinski definition) is 1. The van der Waals surface area contributed by atoms with Crippen molar-refractivity contribution in [1.29, 1.82) is 5.26 Å². The van der Waals surface area contributed by atoms with E-state index in [-0.39, 0.29) is 17.0 Å². The van der Waals surface area contributed by atoms with Crippen molar-refractivity contribution in [3.8, 4) is 6.07 Å². The summed E-state index contributed by atoms with van der Waals surface area (Å²) in [6.07, 6.45) is 1.65. The maximum atomic E-state index is 11.8. The molecule has 0 saturated heterocycles. The first-order valence-electron chi connectivity index (χ1n) is 6.39. The SMILES string of the molecule is CCN(/C=C(/C#N)C(=O)NCC(C)C)C(C)(C)C. The van der Waals surface area contributed by atoms with E-state index in [2.05, 4.69) is 5.32 Å². The van der Waals surface area contributed by atoms with Crippen LogP contribution in [0.3, 0.4) is 0 Å². The van der Waals surface area contributed by atoms with Gasteiger partial charge in [-0.15, -0.1) is 0 Å². The van der Waals surface area contributed by atoms with Crippen LogP contribution >= 0.6 is 0 Å². The number of nitrogens with zero attached hydrogens (tertiary/aromatic N) is 2. The first kappa shape index (κ1) is 16.5. The van der Waals surface area contributed by atoms with E-state index in [4.69, 9.17) is 5.26 Å². The molecule has 4 heteroatoms. The molecule has 0 aromatic carbocycles. The van der Waals surface area contributed by atoms with Gasteiger partial charge in [0.15, 0.2) is 0 Å². The van der Waals surface area contributed by atoms with Gasteiger partial charge in [0.1, 0.15) is 11.6 Å². The predicted octanol–water partition coefficient (Wildman–Crippen LogP) is 2.29. The third-order valence-electron chi connectivity index (χ3n) is 2.52. The zero-order valence-electron chi connectivity index (χ0n) is 12.4. The average Bonchev–Trinajstić information content (AvgIpc) is 2.25. The third-order valence-corrected chi connectivity index (χ3v) is 2.52. The molecule has 102 valence electrons. The molecule has 0 aromatic rings. The van der Waals surface area contributed by atoms with Crippen molar-refractivity contribution in [2.75, 3.05) is 13.1 Å². The van der Waals surface area contributed by atoms with E-state index in [1.54, 1.807) is 6.20 Å². The highest BCUT2D eigenvalue weighted by Gasteiger charge is 2.19. The molecule has 4 nitrogen and oxygen atoms in total. The van der Waals surface area contributed by atoms with Crippen molar-refractivity contribution >= 4 is 5.91 Å². The Balaban J connectivity index is 4.86. The summed E-state index contributed by atoms with van der Waals surface area (Å²) in [5.74, 6) is 0.0766. The summed E-state index contributed by atoms with van der Waals surface area (Å²) in [6.45, 7) is 13.5. The number of hydrogen-bond acceptors (Lipinski definition) is 3. The molecule has 0 fully saturated rings. The Kier molecular flexibility index (Phi) is 6.46. The first-order chi connectivity index (χ1) is 8.22. The monoisotopic (exact) mass is 251 g/mol. The Hall–Kier alpha value is -1.50. The van der Waals surface area contributed by atoms with Crippen molar-refractivity contribution in [2.24, 2.45) is 5.92 Å². The molecule has 0 aliphatic rings. The smallest absolute Gasteiger partial charge is 0.263 e. The van der Waals surface area contributed by atoms with Gasteiger partial charge in [0.25, 0.3) is 5.91 Å². The molecule has 0 spiro atoms. The number of carbonyl (C=O) groups excluding carboxylic acids is 1. The zero-order chi connectivity index (χ0) is 14.3. The van der Waals surface area contributed by atoms with Crippen molar-refractivity contribution in [2.45, 2.75) is 47.1 Å². The molecular weight excluding hydrogens is 226 g/mol. The second-order valence-corrected chi connectivity index (χ2v) is 5.72. The molecule has 0 aliphatic heterocycles. The minimum Gasteiger partial charge on any atom is -0.372 e. The second-order valence-electron chi connectivity index (χ2n) is 5.72. The lowest BCUT2D eigenvalue weighted by Gasteiger charge is -2.33. The van der Waals surface area contributed by atoms with Gasteiger partial charge in [-0.2, -0.15) is 5.26 Å². The fraction of sp³-hybridized carbons (Fsp3) is 0.714. The Labute approximate surface area is 111 Å². The first-order valence-corrected chi connectivity index (χ1v) is 6.39. The van der Waals surface area contributed by atoms with Crippen LogP contribution in [-0.2, 0) is 4.79 Å². The van der Waals surface area contributed by atoms with Crippen molar-refractivity contribution in [3.63, 3.8) is 0 Å². The van der Waals surface area contributed by atoms with Gasteiger partial charge >= 0.3 is 0 Å². The summed E-state index contributed by atoms with van der Waals surface area (Å²) >= 11 is 0. The highest BCUT2D eigenvalue weighted by atomic mass is 16.1. The number of carbonyl (C=O) groups is 1. The van der Waals surface area contributed by atoms with E-state index in [1.165, 1.54) is 0 Å². The largest absolute Gasteiger partial charge is 0.372 e. The van der Waals surface area contributed by atoms with Crippen LogP contribution < -0.4 is 5.32 Å². The topological polar surface area (TPSA) is 56.1 Å². The van der Waals surface area contributed by atoms with Crippen molar-refractivity contribution in [3.05, 3.63) is 11.8 Å². The molecular formula is C14H25N3O. The van der Waals surface area contributed by atoms with Gasteiger partial charge in [0, 0.05) is 24.8 Å². The molecule has 0 bridgehead atoms. The van der Waals surface area contributed by atoms with Crippen LogP contribution in [-0.4, -0.2) is 29.4 Å². The quantitative estimate of drug-likeness (QED) is 0.602. The molecule has 18 heavy (non-hydrogen) atoms. The molecule has 0 atom stereocenters. The Morgan fingerprint density at radius 3 is 2.33 bits per heavy atom. The molecule has 0 saturated carbocycles. The minimum atomic E-state index is -0.297. The van der Waals surface area contributed by atoms with Gasteiger partial charge in [-0.3, -0.25) is 4.79 Å². The van der Waals surface area contributed by atoms with E-state index >= 15 is 0 Å². The summed E-state index contributed by atoms with van der Waals surface area (Å²) in [7, 11) is 0. The summed E-state index contributed by atoms with van der Waals surface area (Å²) in [6, 6.07) is 1.97. The maximum Gasteiger partial charge on any atom is 0.263 e. The number of nitrogens with one attached hydrogen (secondary N) is 1. The predicted molar refractivity (Wildman–Crippen MR) is 73.7 cm³/mol. The molecule has 0 radical (unpaired) electrons. The van der Waals surface area contributed by atoms with E-state index in [9.17, 15) is 4.79 Å². The molecule has 1 amide bonds. The van der Waals surface area contributed by atoms with E-state index in [0.717, 1.165) is 6.54 Å². The van der Waals surface area contributed by atoms with Gasteiger partial charge in [-0.25, -0.2) is 0 Å². The molecule has 0 rings (SSSR count). The highest BCUT2D eigenvalue weighted by molar-refractivity contribution is 5.97. The van der Waals surface area contributed by atoms with E-state index < -0.39 is 0 Å². The Morgan fingerprint density at radius 2 is 2.00 bits per heavy atom. The number of rotatable bonds is 5. The Bertz CT molecular complexity index is 345. The summed E-state index contributed by atoms with van der Waals surface area (Å²) < 4.78 is 0. The lowest BCUT2D eigenvalue weighted by atomic mass is 10.1. The van der Waals surface area contributed by atoms with Crippen molar-refractivity contribution in [1.82, 2.24) is 10.2 Å². The van der Waals surface area contributed by atoms with Crippen LogP contribution in [0, 0.1) is 17.2 Å². The van der Waals surface area contributed by atoms with Crippen molar-refractivity contribution < 1.29 is 4.79 Å². The van der Waals surface area contributed by atoms with Gasteiger partial charge in [-0.1, -0.05) is 13.8 Å². The number of nitriles is 1. The van der Waals surface area contributed by atoms with Crippen LogP contribution in [0.25, 0.3) is 0 Å². The summed E-state index contributed by atoms with van der Waals surface area (Å²) in [4.78, 5) is 13.8. The summed E-state index contributed by atoms with van der Waals surface area (Å²) in [5, 5.41) is 11.8. The molecule has 0 aliphatic carbocycles. The van der Waals surface area contributed by atoms with Crippen LogP contribution in [0.15, 0.2) is 11.8 Å². The average molecular weight is 251 g/mol. The zero-order valence-corrected chi connectivity index (χ0v) is 12.4. The Morgan fingerprint density at radius 1 is 1.44 bits per heavy atom. The number of amides is 1. The molecule has 0 unspecified atom stereocenters. The van der Waals surface area contributed by atoms with E-state index in [1.807, 2.05) is 52.5 Å².